The van der Waals surface area contributed by atoms with E-state index in [1.165, 1.54) is 12.8 Å². The molecule has 0 radical (unpaired) electrons. The molecule has 0 aliphatic carbocycles. The fourth-order valence-corrected chi connectivity index (χ4v) is 2.62. The van der Waals surface area contributed by atoms with Crippen molar-refractivity contribution in [3.05, 3.63) is 30.3 Å². The van der Waals surface area contributed by atoms with Gasteiger partial charge in [-0.05, 0) is 18.1 Å². The summed E-state index contributed by atoms with van der Waals surface area (Å²) < 4.78 is 0. The minimum absolute atomic E-state index is 0.424. The van der Waals surface area contributed by atoms with Gasteiger partial charge in [-0.15, -0.1) is 0 Å². The van der Waals surface area contributed by atoms with Crippen LogP contribution in [0.15, 0.2) is 35.3 Å². The summed E-state index contributed by atoms with van der Waals surface area (Å²) in [6.45, 7) is 5.31. The molecule has 2 N–H and O–H groups in total. The van der Waals surface area contributed by atoms with Crippen LogP contribution in [0.5, 0.6) is 0 Å². The van der Waals surface area contributed by atoms with Gasteiger partial charge in [0.05, 0.1) is 12.6 Å². The molecule has 92 valence electrons. The number of aliphatic imine (C=N–C) groups is 1. The topological polar surface area (TPSA) is 41.6 Å². The van der Waals surface area contributed by atoms with Crippen molar-refractivity contribution in [3.63, 3.8) is 0 Å². The third kappa shape index (κ3) is 2.28. The summed E-state index contributed by atoms with van der Waals surface area (Å²) in [6.07, 6.45) is 2.35. The molecule has 0 saturated heterocycles. The van der Waals surface area contributed by atoms with Crippen LogP contribution < -0.4 is 10.6 Å². The molecule has 3 heteroatoms. The lowest BCUT2D eigenvalue weighted by Crippen LogP contribution is -2.44. The molecule has 0 bridgehead atoms. The first-order valence-corrected chi connectivity index (χ1v) is 6.42. The van der Waals surface area contributed by atoms with E-state index in [9.17, 15) is 0 Å². The molecule has 1 aliphatic heterocycles. The maximum absolute atomic E-state index is 6.02. The van der Waals surface area contributed by atoms with Crippen molar-refractivity contribution >= 4 is 11.6 Å². The highest BCUT2D eigenvalue weighted by atomic mass is 15.3. The summed E-state index contributed by atoms with van der Waals surface area (Å²) in [6, 6.07) is 10.7. The Labute approximate surface area is 103 Å². The van der Waals surface area contributed by atoms with Crippen LogP contribution in [0.4, 0.5) is 5.69 Å². The zero-order valence-corrected chi connectivity index (χ0v) is 10.6. The Morgan fingerprint density at radius 2 is 1.94 bits per heavy atom. The first-order chi connectivity index (χ1) is 8.27. The van der Waals surface area contributed by atoms with Gasteiger partial charge in [-0.2, -0.15) is 0 Å². The zero-order chi connectivity index (χ0) is 12.3. The zero-order valence-electron chi connectivity index (χ0n) is 10.6. The quantitative estimate of drug-likeness (QED) is 0.865. The van der Waals surface area contributed by atoms with Crippen LogP contribution in [0.25, 0.3) is 0 Å². The minimum Gasteiger partial charge on any atom is -0.370 e. The van der Waals surface area contributed by atoms with E-state index in [1.54, 1.807) is 0 Å². The minimum atomic E-state index is 0.424. The number of nitrogens with zero attached hydrogens (tertiary/aromatic N) is 2. The summed E-state index contributed by atoms with van der Waals surface area (Å²) in [5.74, 6) is 1.31. The summed E-state index contributed by atoms with van der Waals surface area (Å²) in [7, 11) is 0. The number of para-hydroxylation sites is 1. The fourth-order valence-electron chi connectivity index (χ4n) is 2.62. The van der Waals surface area contributed by atoms with E-state index in [2.05, 4.69) is 35.9 Å². The number of guanidine groups is 1. The molecule has 0 fully saturated rings. The summed E-state index contributed by atoms with van der Waals surface area (Å²) in [5, 5.41) is 0. The highest BCUT2D eigenvalue weighted by molar-refractivity contribution is 5.97. The van der Waals surface area contributed by atoms with Crippen molar-refractivity contribution in [2.24, 2.45) is 16.6 Å². The lowest BCUT2D eigenvalue weighted by molar-refractivity contribution is 0.412. The van der Waals surface area contributed by atoms with Crippen molar-refractivity contribution in [1.82, 2.24) is 0 Å². The van der Waals surface area contributed by atoms with Crippen molar-refractivity contribution < 1.29 is 0 Å². The lowest BCUT2D eigenvalue weighted by atomic mass is 9.93. The Balaban J connectivity index is 2.26. The van der Waals surface area contributed by atoms with E-state index in [0.717, 1.165) is 12.2 Å². The Morgan fingerprint density at radius 1 is 1.29 bits per heavy atom. The number of nitrogens with two attached hydrogens (primary N) is 1. The highest BCUT2D eigenvalue weighted by Crippen LogP contribution is 2.27. The molecule has 1 unspecified atom stereocenters. The van der Waals surface area contributed by atoms with E-state index >= 15 is 0 Å². The van der Waals surface area contributed by atoms with Crippen LogP contribution in [-0.2, 0) is 0 Å². The predicted molar refractivity (Wildman–Crippen MR) is 73.3 cm³/mol. The van der Waals surface area contributed by atoms with Crippen LogP contribution in [0, 0.1) is 5.92 Å². The molecule has 0 spiro atoms. The first kappa shape index (κ1) is 12.0. The smallest absolute Gasteiger partial charge is 0.196 e. The first-order valence-electron chi connectivity index (χ1n) is 6.42. The predicted octanol–water partition coefficient (Wildman–Crippen LogP) is 2.63. The SMILES string of the molecule is CCC(CC)C1CN=C(N)N1c1ccccc1. The molecule has 2 rings (SSSR count). The van der Waals surface area contributed by atoms with Gasteiger partial charge in [-0.1, -0.05) is 44.9 Å². The molecule has 1 atom stereocenters. The van der Waals surface area contributed by atoms with Crippen molar-refractivity contribution in [3.8, 4) is 0 Å². The van der Waals surface area contributed by atoms with Crippen LogP contribution in [0.1, 0.15) is 26.7 Å². The molecule has 0 aromatic heterocycles. The maximum Gasteiger partial charge on any atom is 0.196 e. The second-order valence-corrected chi connectivity index (χ2v) is 4.55. The average molecular weight is 231 g/mol. The summed E-state index contributed by atoms with van der Waals surface area (Å²) in [4.78, 5) is 6.60. The van der Waals surface area contributed by atoms with Crippen LogP contribution in [-0.4, -0.2) is 18.5 Å². The van der Waals surface area contributed by atoms with Gasteiger partial charge in [-0.3, -0.25) is 4.99 Å². The van der Waals surface area contributed by atoms with E-state index in [-0.39, 0.29) is 0 Å². The molecule has 1 aromatic rings. The number of rotatable bonds is 4. The monoisotopic (exact) mass is 231 g/mol. The largest absolute Gasteiger partial charge is 0.370 e. The molecular weight excluding hydrogens is 210 g/mol. The van der Waals surface area contributed by atoms with Gasteiger partial charge in [0.2, 0.25) is 0 Å². The number of anilines is 1. The molecule has 1 aliphatic rings. The molecule has 17 heavy (non-hydrogen) atoms. The second-order valence-electron chi connectivity index (χ2n) is 4.55. The van der Waals surface area contributed by atoms with Crippen molar-refractivity contribution in [2.45, 2.75) is 32.7 Å². The van der Waals surface area contributed by atoms with Crippen molar-refractivity contribution in [1.29, 1.82) is 0 Å². The number of hydrogen-bond acceptors (Lipinski definition) is 3. The molecule has 3 nitrogen and oxygen atoms in total. The highest BCUT2D eigenvalue weighted by Gasteiger charge is 2.31. The fraction of sp³-hybridized carbons (Fsp3) is 0.500. The summed E-state index contributed by atoms with van der Waals surface area (Å²) in [5.41, 5.74) is 7.18. The third-order valence-corrected chi connectivity index (χ3v) is 3.65. The van der Waals surface area contributed by atoms with Gasteiger partial charge in [0, 0.05) is 5.69 Å². The van der Waals surface area contributed by atoms with Gasteiger partial charge < -0.3 is 10.6 Å². The number of benzene rings is 1. The number of hydrogen-bond donors (Lipinski definition) is 1. The van der Waals surface area contributed by atoms with Gasteiger partial charge in [-0.25, -0.2) is 0 Å². The molecule has 1 heterocycles. The van der Waals surface area contributed by atoms with Gasteiger partial charge in [0.1, 0.15) is 0 Å². The third-order valence-electron chi connectivity index (χ3n) is 3.65. The maximum atomic E-state index is 6.02. The molecule has 0 saturated carbocycles. The molecule has 1 aromatic carbocycles. The van der Waals surface area contributed by atoms with Gasteiger partial charge >= 0.3 is 0 Å². The standard InChI is InChI=1S/C14H21N3/c1-3-11(4-2)13-10-16-14(15)17(13)12-8-6-5-7-9-12/h5-9,11,13H,3-4,10H2,1-2H3,(H2,15,16). The Kier molecular flexibility index (Phi) is 3.67. The van der Waals surface area contributed by atoms with Crippen molar-refractivity contribution in [2.75, 3.05) is 11.4 Å². The average Bonchev–Trinajstić information content (AvgIpc) is 2.74. The van der Waals surface area contributed by atoms with Gasteiger partial charge in [0.15, 0.2) is 5.96 Å². The Hall–Kier alpha value is -1.51. The lowest BCUT2D eigenvalue weighted by Gasteiger charge is -2.31. The Bertz CT molecular complexity index is 382. The van der Waals surface area contributed by atoms with E-state index in [1.807, 2.05) is 18.2 Å². The van der Waals surface area contributed by atoms with E-state index in [4.69, 9.17) is 5.73 Å². The Morgan fingerprint density at radius 3 is 2.53 bits per heavy atom. The van der Waals surface area contributed by atoms with Crippen LogP contribution in [0.3, 0.4) is 0 Å². The van der Waals surface area contributed by atoms with Crippen LogP contribution in [0.2, 0.25) is 0 Å². The normalized spacial score (nSPS) is 19.8. The molecule has 0 amide bonds. The van der Waals surface area contributed by atoms with Gasteiger partial charge in [0.25, 0.3) is 0 Å². The molecular formula is C14H21N3. The second kappa shape index (κ2) is 5.21. The summed E-state index contributed by atoms with van der Waals surface area (Å²) >= 11 is 0. The van der Waals surface area contributed by atoms with Crippen LogP contribution >= 0.6 is 0 Å². The van der Waals surface area contributed by atoms with E-state index in [0.29, 0.717) is 17.9 Å². The van der Waals surface area contributed by atoms with E-state index < -0.39 is 0 Å².